The summed E-state index contributed by atoms with van der Waals surface area (Å²) in [6.45, 7) is 1.09. The first-order chi connectivity index (χ1) is 9.55. The average Bonchev–Trinajstić information content (AvgIpc) is 2.37. The molecule has 1 aromatic rings. The molecule has 20 heavy (non-hydrogen) atoms. The zero-order valence-corrected chi connectivity index (χ0v) is 13.8. The maximum atomic E-state index is 12.7. The number of rotatable bonds is 3. The van der Waals surface area contributed by atoms with Crippen LogP contribution in [0.5, 0.6) is 0 Å². The third-order valence-corrected chi connectivity index (χ3v) is 6.49. The lowest BCUT2D eigenvalue weighted by Gasteiger charge is -2.24. The van der Waals surface area contributed by atoms with E-state index in [1.807, 2.05) is 0 Å². The molecule has 1 saturated heterocycles. The summed E-state index contributed by atoms with van der Waals surface area (Å²) < 4.78 is 27.5. The predicted molar refractivity (Wildman–Crippen MR) is 81.9 cm³/mol. The Morgan fingerprint density at radius 2 is 1.70 bits per heavy atom. The molecule has 1 fully saturated rings. The molecule has 1 aliphatic heterocycles. The monoisotopic (exact) mass is 361 g/mol. The van der Waals surface area contributed by atoms with Gasteiger partial charge in [-0.3, -0.25) is 0 Å². The molecular formula is C14H20BrNO3S. The SMILES string of the molecule is O=S(=O)(c1ccc(CO)cc1Br)N1CCCCCCC1. The van der Waals surface area contributed by atoms with Crippen LogP contribution in [-0.4, -0.2) is 30.9 Å². The van der Waals surface area contributed by atoms with Crippen molar-refractivity contribution in [3.63, 3.8) is 0 Å². The highest BCUT2D eigenvalue weighted by molar-refractivity contribution is 9.10. The minimum atomic E-state index is -3.45. The van der Waals surface area contributed by atoms with E-state index in [4.69, 9.17) is 5.11 Å². The van der Waals surface area contributed by atoms with E-state index in [1.54, 1.807) is 22.5 Å². The molecule has 0 amide bonds. The van der Waals surface area contributed by atoms with Crippen molar-refractivity contribution in [1.82, 2.24) is 4.31 Å². The molecule has 2 rings (SSSR count). The van der Waals surface area contributed by atoms with Crippen molar-refractivity contribution in [2.24, 2.45) is 0 Å². The Balaban J connectivity index is 2.28. The van der Waals surface area contributed by atoms with E-state index in [2.05, 4.69) is 15.9 Å². The van der Waals surface area contributed by atoms with Crippen molar-refractivity contribution in [3.8, 4) is 0 Å². The third kappa shape index (κ3) is 3.61. The van der Waals surface area contributed by atoms with Crippen LogP contribution in [0.2, 0.25) is 0 Å². The molecule has 0 bridgehead atoms. The molecule has 0 spiro atoms. The Kier molecular flexibility index (Phi) is 5.60. The summed E-state index contributed by atoms with van der Waals surface area (Å²) >= 11 is 3.31. The lowest BCUT2D eigenvalue weighted by Crippen LogP contribution is -2.34. The second kappa shape index (κ2) is 7.02. The van der Waals surface area contributed by atoms with Gasteiger partial charge in [0, 0.05) is 17.6 Å². The van der Waals surface area contributed by atoms with Gasteiger partial charge < -0.3 is 5.11 Å². The molecule has 112 valence electrons. The van der Waals surface area contributed by atoms with Gasteiger partial charge in [-0.05, 0) is 46.5 Å². The highest BCUT2D eigenvalue weighted by Crippen LogP contribution is 2.27. The van der Waals surface area contributed by atoms with E-state index < -0.39 is 10.0 Å². The molecule has 0 aliphatic carbocycles. The highest BCUT2D eigenvalue weighted by atomic mass is 79.9. The molecule has 0 aromatic heterocycles. The van der Waals surface area contributed by atoms with Crippen molar-refractivity contribution in [1.29, 1.82) is 0 Å². The molecule has 4 nitrogen and oxygen atoms in total. The fourth-order valence-corrected chi connectivity index (χ4v) is 5.05. The van der Waals surface area contributed by atoms with Crippen LogP contribution in [0.3, 0.4) is 0 Å². The van der Waals surface area contributed by atoms with Gasteiger partial charge in [0.2, 0.25) is 10.0 Å². The maximum Gasteiger partial charge on any atom is 0.244 e. The molecular weight excluding hydrogens is 342 g/mol. The third-order valence-electron chi connectivity index (χ3n) is 3.61. The van der Waals surface area contributed by atoms with Crippen LogP contribution in [0.1, 0.15) is 37.7 Å². The van der Waals surface area contributed by atoms with Gasteiger partial charge in [0.05, 0.1) is 11.5 Å². The quantitative estimate of drug-likeness (QED) is 0.900. The zero-order valence-electron chi connectivity index (χ0n) is 11.4. The first kappa shape index (κ1) is 15.9. The first-order valence-electron chi connectivity index (χ1n) is 6.95. The average molecular weight is 362 g/mol. The van der Waals surface area contributed by atoms with Crippen LogP contribution in [0, 0.1) is 0 Å². The van der Waals surface area contributed by atoms with Gasteiger partial charge in [0.1, 0.15) is 0 Å². The van der Waals surface area contributed by atoms with E-state index in [1.165, 1.54) is 6.42 Å². The lowest BCUT2D eigenvalue weighted by molar-refractivity contribution is 0.281. The Labute approximate surface area is 129 Å². The lowest BCUT2D eigenvalue weighted by atomic mass is 10.1. The van der Waals surface area contributed by atoms with Crippen LogP contribution >= 0.6 is 15.9 Å². The standard InChI is InChI=1S/C14H20BrNO3S/c15-13-10-12(11-17)6-7-14(13)20(18,19)16-8-4-2-1-3-5-9-16/h6-7,10,17H,1-5,8-9,11H2. The van der Waals surface area contributed by atoms with Crippen LogP contribution in [0.15, 0.2) is 27.6 Å². The van der Waals surface area contributed by atoms with Crippen LogP contribution in [-0.2, 0) is 16.6 Å². The number of hydrogen-bond donors (Lipinski definition) is 1. The maximum absolute atomic E-state index is 12.7. The van der Waals surface area contributed by atoms with Crippen molar-refractivity contribution in [3.05, 3.63) is 28.2 Å². The summed E-state index contributed by atoms with van der Waals surface area (Å²) in [6.07, 6.45) is 5.23. The smallest absolute Gasteiger partial charge is 0.244 e. The van der Waals surface area contributed by atoms with E-state index >= 15 is 0 Å². The molecule has 0 saturated carbocycles. The number of nitrogens with zero attached hydrogens (tertiary/aromatic N) is 1. The van der Waals surface area contributed by atoms with Gasteiger partial charge in [-0.1, -0.05) is 25.3 Å². The Bertz CT molecular complexity index is 552. The topological polar surface area (TPSA) is 57.6 Å². The largest absolute Gasteiger partial charge is 0.392 e. The van der Waals surface area contributed by atoms with Crippen molar-refractivity contribution in [2.45, 2.75) is 43.6 Å². The van der Waals surface area contributed by atoms with Crippen molar-refractivity contribution in [2.75, 3.05) is 13.1 Å². The van der Waals surface area contributed by atoms with E-state index in [9.17, 15) is 8.42 Å². The van der Waals surface area contributed by atoms with E-state index in [-0.39, 0.29) is 11.5 Å². The molecule has 6 heteroatoms. The fourth-order valence-electron chi connectivity index (χ4n) is 2.45. The van der Waals surface area contributed by atoms with Crippen molar-refractivity contribution >= 4 is 26.0 Å². The number of hydrogen-bond acceptors (Lipinski definition) is 3. The van der Waals surface area contributed by atoms with Gasteiger partial charge in [-0.2, -0.15) is 4.31 Å². The summed E-state index contributed by atoms with van der Waals surface area (Å²) in [5, 5.41) is 9.09. The number of benzene rings is 1. The predicted octanol–water partition coefficient (Wildman–Crippen LogP) is 2.90. The Morgan fingerprint density at radius 1 is 1.10 bits per heavy atom. The summed E-state index contributed by atoms with van der Waals surface area (Å²) in [5.74, 6) is 0. The summed E-state index contributed by atoms with van der Waals surface area (Å²) in [6, 6.07) is 4.89. The summed E-state index contributed by atoms with van der Waals surface area (Å²) in [7, 11) is -3.45. The number of halogens is 1. The van der Waals surface area contributed by atoms with Gasteiger partial charge >= 0.3 is 0 Å². The fraction of sp³-hybridized carbons (Fsp3) is 0.571. The normalized spacial score (nSPS) is 18.5. The molecule has 0 unspecified atom stereocenters. The highest BCUT2D eigenvalue weighted by Gasteiger charge is 2.26. The second-order valence-electron chi connectivity index (χ2n) is 5.09. The molecule has 1 N–H and O–H groups in total. The first-order valence-corrected chi connectivity index (χ1v) is 9.18. The summed E-state index contributed by atoms with van der Waals surface area (Å²) in [5.41, 5.74) is 0.698. The molecule has 0 atom stereocenters. The van der Waals surface area contributed by atoms with Crippen LogP contribution < -0.4 is 0 Å². The molecule has 0 radical (unpaired) electrons. The van der Waals surface area contributed by atoms with E-state index in [0.717, 1.165) is 25.7 Å². The van der Waals surface area contributed by atoms with Gasteiger partial charge in [-0.25, -0.2) is 8.42 Å². The van der Waals surface area contributed by atoms with Crippen LogP contribution in [0.25, 0.3) is 0 Å². The molecule has 1 aromatic carbocycles. The minimum Gasteiger partial charge on any atom is -0.392 e. The Morgan fingerprint density at radius 3 is 2.25 bits per heavy atom. The Hall–Kier alpha value is -0.430. The number of aliphatic hydroxyl groups is 1. The zero-order chi connectivity index (χ0) is 14.6. The van der Waals surface area contributed by atoms with Gasteiger partial charge in [0.25, 0.3) is 0 Å². The van der Waals surface area contributed by atoms with E-state index in [0.29, 0.717) is 23.1 Å². The van der Waals surface area contributed by atoms with Crippen LogP contribution in [0.4, 0.5) is 0 Å². The van der Waals surface area contributed by atoms with Gasteiger partial charge in [-0.15, -0.1) is 0 Å². The minimum absolute atomic E-state index is 0.0946. The second-order valence-corrected chi connectivity index (χ2v) is 7.86. The van der Waals surface area contributed by atoms with Gasteiger partial charge in [0.15, 0.2) is 0 Å². The molecule has 1 aliphatic rings. The number of sulfonamides is 1. The summed E-state index contributed by atoms with van der Waals surface area (Å²) in [4.78, 5) is 0.287. The number of aliphatic hydroxyl groups excluding tert-OH is 1. The molecule has 1 heterocycles. The van der Waals surface area contributed by atoms with Crippen molar-refractivity contribution < 1.29 is 13.5 Å².